The summed E-state index contributed by atoms with van der Waals surface area (Å²) in [6, 6.07) is 16.1. The Labute approximate surface area is 138 Å². The van der Waals surface area contributed by atoms with Gasteiger partial charge in [0.25, 0.3) is 5.89 Å². The summed E-state index contributed by atoms with van der Waals surface area (Å²) in [5, 5.41) is 10.8. The minimum atomic E-state index is 0.421. The zero-order valence-corrected chi connectivity index (χ0v) is 13.1. The van der Waals surface area contributed by atoms with E-state index >= 15 is 0 Å². The first-order valence-corrected chi connectivity index (χ1v) is 7.91. The van der Waals surface area contributed by atoms with Gasteiger partial charge in [0.05, 0.1) is 0 Å². The molecule has 0 spiro atoms. The number of aryl methyl sites for hydroxylation is 1. The monoisotopic (exact) mass is 319 g/mol. The number of nitrogens with zero attached hydrogens (tertiary/aromatic N) is 4. The van der Waals surface area contributed by atoms with Crippen LogP contribution in [0.2, 0.25) is 0 Å². The third-order valence-corrected chi connectivity index (χ3v) is 3.91. The molecule has 2 heterocycles. The standard InChI is InChI=1S/C18H17N5O/c19-10-4-11-23-12-9-16(21-23)18-20-17(22-24-18)15-8-3-6-13-5-1-2-7-14(13)15/h1-3,5-9,12H,4,10-11,19H2. The molecule has 2 aromatic carbocycles. The molecular formula is C18H17N5O. The smallest absolute Gasteiger partial charge is 0.278 e. The van der Waals surface area contributed by atoms with Gasteiger partial charge in [0.15, 0.2) is 5.69 Å². The lowest BCUT2D eigenvalue weighted by Crippen LogP contribution is -2.06. The minimum Gasteiger partial charge on any atom is -0.332 e. The molecular weight excluding hydrogens is 302 g/mol. The first-order chi connectivity index (χ1) is 11.8. The minimum absolute atomic E-state index is 0.421. The van der Waals surface area contributed by atoms with Gasteiger partial charge in [-0.25, -0.2) is 0 Å². The van der Waals surface area contributed by atoms with Crippen molar-refractivity contribution in [2.45, 2.75) is 13.0 Å². The molecule has 2 aromatic heterocycles. The fourth-order valence-electron chi connectivity index (χ4n) is 2.71. The molecule has 0 bridgehead atoms. The number of hydrogen-bond acceptors (Lipinski definition) is 5. The summed E-state index contributed by atoms with van der Waals surface area (Å²) < 4.78 is 7.25. The van der Waals surface area contributed by atoms with Crippen molar-refractivity contribution in [3.63, 3.8) is 0 Å². The van der Waals surface area contributed by atoms with E-state index in [-0.39, 0.29) is 0 Å². The second kappa shape index (κ2) is 6.25. The van der Waals surface area contributed by atoms with E-state index in [9.17, 15) is 0 Å². The summed E-state index contributed by atoms with van der Waals surface area (Å²) in [7, 11) is 0. The summed E-state index contributed by atoms with van der Waals surface area (Å²) in [5.74, 6) is 0.989. The van der Waals surface area contributed by atoms with E-state index in [2.05, 4.69) is 33.4 Å². The Morgan fingerprint density at radius 3 is 2.83 bits per heavy atom. The van der Waals surface area contributed by atoms with Gasteiger partial charge in [-0.1, -0.05) is 47.6 Å². The number of aromatic nitrogens is 4. The molecule has 6 nitrogen and oxygen atoms in total. The highest BCUT2D eigenvalue weighted by molar-refractivity contribution is 5.95. The zero-order valence-electron chi connectivity index (χ0n) is 13.1. The first-order valence-electron chi connectivity index (χ1n) is 7.91. The Kier molecular flexibility index (Phi) is 3.80. The predicted molar refractivity (Wildman–Crippen MR) is 92.1 cm³/mol. The number of benzene rings is 2. The van der Waals surface area contributed by atoms with Crippen LogP contribution in [0.25, 0.3) is 33.7 Å². The van der Waals surface area contributed by atoms with Gasteiger partial charge in [-0.15, -0.1) is 0 Å². The average Bonchev–Trinajstić information content (AvgIpc) is 3.28. The maximum absolute atomic E-state index is 5.53. The van der Waals surface area contributed by atoms with Crippen molar-refractivity contribution in [3.8, 4) is 23.0 Å². The molecule has 0 aliphatic rings. The van der Waals surface area contributed by atoms with Crippen LogP contribution < -0.4 is 5.73 Å². The lowest BCUT2D eigenvalue weighted by Gasteiger charge is -2.01. The Hall–Kier alpha value is -2.99. The molecule has 0 atom stereocenters. The van der Waals surface area contributed by atoms with E-state index < -0.39 is 0 Å². The molecule has 0 aliphatic heterocycles. The summed E-state index contributed by atoms with van der Waals surface area (Å²) in [4.78, 5) is 4.52. The van der Waals surface area contributed by atoms with Crippen LogP contribution in [-0.4, -0.2) is 26.5 Å². The first kappa shape index (κ1) is 14.6. The number of rotatable bonds is 5. The van der Waals surface area contributed by atoms with Crippen molar-refractivity contribution in [3.05, 3.63) is 54.7 Å². The van der Waals surface area contributed by atoms with Crippen LogP contribution in [0.1, 0.15) is 6.42 Å². The van der Waals surface area contributed by atoms with Crippen molar-refractivity contribution < 1.29 is 4.52 Å². The predicted octanol–water partition coefficient (Wildman–Crippen LogP) is 3.10. The van der Waals surface area contributed by atoms with Gasteiger partial charge >= 0.3 is 0 Å². The molecule has 4 aromatic rings. The van der Waals surface area contributed by atoms with Crippen LogP contribution in [0.3, 0.4) is 0 Å². The van der Waals surface area contributed by atoms with E-state index in [1.807, 2.05) is 41.2 Å². The quantitative estimate of drug-likeness (QED) is 0.611. The fraction of sp³-hybridized carbons (Fsp3) is 0.167. The van der Waals surface area contributed by atoms with Crippen LogP contribution in [-0.2, 0) is 6.54 Å². The normalized spacial score (nSPS) is 11.2. The second-order valence-electron chi connectivity index (χ2n) is 5.56. The van der Waals surface area contributed by atoms with Crippen molar-refractivity contribution >= 4 is 10.8 Å². The molecule has 0 saturated heterocycles. The van der Waals surface area contributed by atoms with Crippen LogP contribution in [0.5, 0.6) is 0 Å². The number of fused-ring (bicyclic) bond motifs is 1. The van der Waals surface area contributed by atoms with Crippen molar-refractivity contribution in [2.75, 3.05) is 6.54 Å². The molecule has 2 N–H and O–H groups in total. The maximum Gasteiger partial charge on any atom is 0.278 e. The highest BCUT2D eigenvalue weighted by Gasteiger charge is 2.14. The third kappa shape index (κ3) is 2.68. The van der Waals surface area contributed by atoms with Crippen LogP contribution in [0, 0.1) is 0 Å². The summed E-state index contributed by atoms with van der Waals surface area (Å²) in [5.41, 5.74) is 7.15. The fourth-order valence-corrected chi connectivity index (χ4v) is 2.71. The Morgan fingerprint density at radius 2 is 1.92 bits per heavy atom. The topological polar surface area (TPSA) is 82.8 Å². The summed E-state index contributed by atoms with van der Waals surface area (Å²) >= 11 is 0. The molecule has 120 valence electrons. The Balaban J connectivity index is 1.68. The van der Waals surface area contributed by atoms with Crippen molar-refractivity contribution in [2.24, 2.45) is 5.73 Å². The Bertz CT molecular complexity index is 967. The molecule has 24 heavy (non-hydrogen) atoms. The van der Waals surface area contributed by atoms with Crippen LogP contribution >= 0.6 is 0 Å². The molecule has 0 amide bonds. The van der Waals surface area contributed by atoms with Gasteiger partial charge in [0.1, 0.15) is 0 Å². The number of hydrogen-bond donors (Lipinski definition) is 1. The highest BCUT2D eigenvalue weighted by atomic mass is 16.5. The molecule has 6 heteroatoms. The van der Waals surface area contributed by atoms with E-state index in [1.54, 1.807) is 0 Å². The second-order valence-corrected chi connectivity index (χ2v) is 5.56. The van der Waals surface area contributed by atoms with E-state index in [0.29, 0.717) is 24.0 Å². The van der Waals surface area contributed by atoms with Crippen molar-refractivity contribution in [1.29, 1.82) is 0 Å². The largest absolute Gasteiger partial charge is 0.332 e. The van der Waals surface area contributed by atoms with Gasteiger partial charge < -0.3 is 10.3 Å². The lowest BCUT2D eigenvalue weighted by molar-refractivity contribution is 0.430. The summed E-state index contributed by atoms with van der Waals surface area (Å²) in [6.45, 7) is 1.42. The zero-order chi connectivity index (χ0) is 16.4. The molecule has 0 unspecified atom stereocenters. The van der Waals surface area contributed by atoms with E-state index in [0.717, 1.165) is 29.3 Å². The molecule has 0 saturated carbocycles. The number of nitrogens with two attached hydrogens (primary N) is 1. The van der Waals surface area contributed by atoms with Crippen LogP contribution in [0.15, 0.2) is 59.3 Å². The third-order valence-electron chi connectivity index (χ3n) is 3.91. The van der Waals surface area contributed by atoms with Gasteiger partial charge in [-0.05, 0) is 29.8 Å². The van der Waals surface area contributed by atoms with E-state index in [1.165, 1.54) is 0 Å². The summed E-state index contributed by atoms with van der Waals surface area (Å²) in [6.07, 6.45) is 2.78. The maximum atomic E-state index is 5.53. The SMILES string of the molecule is NCCCn1ccc(-c2nc(-c3cccc4ccccc34)no2)n1. The van der Waals surface area contributed by atoms with Gasteiger partial charge in [0.2, 0.25) is 5.82 Å². The average molecular weight is 319 g/mol. The van der Waals surface area contributed by atoms with Gasteiger partial charge in [-0.3, -0.25) is 4.68 Å². The molecule has 0 aliphatic carbocycles. The molecule has 0 radical (unpaired) electrons. The highest BCUT2D eigenvalue weighted by Crippen LogP contribution is 2.28. The van der Waals surface area contributed by atoms with Gasteiger partial charge in [0, 0.05) is 18.3 Å². The van der Waals surface area contributed by atoms with Gasteiger partial charge in [-0.2, -0.15) is 10.1 Å². The lowest BCUT2D eigenvalue weighted by atomic mass is 10.0. The molecule has 4 rings (SSSR count). The Morgan fingerprint density at radius 1 is 1.04 bits per heavy atom. The van der Waals surface area contributed by atoms with Crippen molar-refractivity contribution in [1.82, 2.24) is 19.9 Å². The molecule has 0 fully saturated rings. The van der Waals surface area contributed by atoms with E-state index in [4.69, 9.17) is 10.3 Å². The van der Waals surface area contributed by atoms with Crippen LogP contribution in [0.4, 0.5) is 0 Å².